The maximum atomic E-state index is 13.0. The van der Waals surface area contributed by atoms with E-state index < -0.39 is 47.4 Å². The van der Waals surface area contributed by atoms with Gasteiger partial charge in [-0.2, -0.15) is 31.4 Å². The predicted octanol–water partition coefficient (Wildman–Crippen LogP) is 6.20. The van der Waals surface area contributed by atoms with E-state index in [-0.39, 0.29) is 28.6 Å². The summed E-state index contributed by atoms with van der Waals surface area (Å²) < 4.78 is 83.1. The number of anilines is 1. The third-order valence-electron chi connectivity index (χ3n) is 5.16. The van der Waals surface area contributed by atoms with Crippen molar-refractivity contribution in [2.45, 2.75) is 26.2 Å². The molecule has 13 heteroatoms. The van der Waals surface area contributed by atoms with Crippen LogP contribution in [0.15, 0.2) is 47.6 Å². The molecule has 2 aromatic carbocycles. The van der Waals surface area contributed by atoms with Gasteiger partial charge in [0.2, 0.25) is 0 Å². The highest BCUT2D eigenvalue weighted by Gasteiger charge is 2.49. The number of carbonyl (C=O) groups is 2. The number of halogens is 7. The third kappa shape index (κ3) is 5.53. The molecule has 1 aliphatic heterocycles. The average Bonchev–Trinajstić information content (AvgIpc) is 3.11. The summed E-state index contributed by atoms with van der Waals surface area (Å²) >= 11 is 6.08. The van der Waals surface area contributed by atoms with Gasteiger partial charge in [-0.25, -0.2) is 9.80 Å². The van der Waals surface area contributed by atoms with Gasteiger partial charge >= 0.3 is 24.4 Å². The largest absolute Gasteiger partial charge is 0.465 e. The van der Waals surface area contributed by atoms with Crippen LogP contribution in [-0.4, -0.2) is 35.9 Å². The van der Waals surface area contributed by atoms with Gasteiger partial charge in [0.1, 0.15) is 5.41 Å². The molecule has 1 unspecified atom stereocenters. The van der Waals surface area contributed by atoms with Crippen molar-refractivity contribution in [2.75, 3.05) is 18.5 Å². The highest BCUT2D eigenvalue weighted by Crippen LogP contribution is 2.38. The molecule has 35 heavy (non-hydrogen) atoms. The van der Waals surface area contributed by atoms with Gasteiger partial charge < -0.3 is 10.1 Å². The Balaban J connectivity index is 1.98. The number of amides is 2. The molecule has 0 saturated heterocycles. The maximum Gasteiger partial charge on any atom is 0.416 e. The monoisotopic (exact) mass is 521 g/mol. The van der Waals surface area contributed by atoms with Gasteiger partial charge in [0.05, 0.1) is 35.0 Å². The second-order valence-electron chi connectivity index (χ2n) is 7.76. The predicted molar refractivity (Wildman–Crippen MR) is 115 cm³/mol. The topological polar surface area (TPSA) is 71.0 Å². The molecule has 1 heterocycles. The smallest absolute Gasteiger partial charge is 0.416 e. The maximum absolute atomic E-state index is 13.0. The molecule has 0 fully saturated rings. The lowest BCUT2D eigenvalue weighted by Crippen LogP contribution is -2.42. The first-order chi connectivity index (χ1) is 16.2. The van der Waals surface area contributed by atoms with Crippen molar-refractivity contribution < 1.29 is 40.7 Å². The van der Waals surface area contributed by atoms with Gasteiger partial charge in [-0.05, 0) is 44.2 Å². The van der Waals surface area contributed by atoms with Crippen LogP contribution < -0.4 is 5.32 Å². The Hall–Kier alpha value is -3.28. The number of carbonyl (C=O) groups excluding carboxylic acids is 2. The molecule has 1 N–H and O–H groups in total. The van der Waals surface area contributed by atoms with Gasteiger partial charge in [0, 0.05) is 11.3 Å². The minimum absolute atomic E-state index is 0.0289. The van der Waals surface area contributed by atoms with Crippen molar-refractivity contribution in [1.29, 1.82) is 0 Å². The van der Waals surface area contributed by atoms with E-state index in [9.17, 15) is 35.9 Å². The lowest BCUT2D eigenvalue weighted by molar-refractivity contribution is -0.150. The molecule has 1 atom stereocenters. The third-order valence-corrected chi connectivity index (χ3v) is 5.48. The summed E-state index contributed by atoms with van der Waals surface area (Å²) in [5.41, 5.74) is -3.99. The van der Waals surface area contributed by atoms with E-state index in [1.807, 2.05) is 0 Å². The number of benzene rings is 2. The van der Waals surface area contributed by atoms with Crippen LogP contribution in [0.2, 0.25) is 5.02 Å². The first-order valence-corrected chi connectivity index (χ1v) is 10.4. The van der Waals surface area contributed by atoms with Crippen LogP contribution >= 0.6 is 11.6 Å². The zero-order valence-corrected chi connectivity index (χ0v) is 19.0. The lowest BCUT2D eigenvalue weighted by Gasteiger charge is -2.24. The molecule has 1 aliphatic rings. The van der Waals surface area contributed by atoms with Crippen molar-refractivity contribution in [2.24, 2.45) is 10.5 Å². The summed E-state index contributed by atoms with van der Waals surface area (Å²) in [6.45, 7) is 2.48. The zero-order valence-electron chi connectivity index (χ0n) is 18.2. The van der Waals surface area contributed by atoms with Crippen LogP contribution in [0.25, 0.3) is 0 Å². The Morgan fingerprint density at radius 3 is 2.29 bits per heavy atom. The summed E-state index contributed by atoms with van der Waals surface area (Å²) in [4.78, 5) is 25.5. The van der Waals surface area contributed by atoms with Crippen LogP contribution in [-0.2, 0) is 21.9 Å². The van der Waals surface area contributed by atoms with Crippen molar-refractivity contribution in [1.82, 2.24) is 5.01 Å². The fourth-order valence-electron chi connectivity index (χ4n) is 3.41. The number of hydrazone groups is 1. The summed E-state index contributed by atoms with van der Waals surface area (Å²) in [7, 11) is 0. The first-order valence-electron chi connectivity index (χ1n) is 10.1. The van der Waals surface area contributed by atoms with Gasteiger partial charge in [-0.15, -0.1) is 0 Å². The van der Waals surface area contributed by atoms with Gasteiger partial charge in [-0.1, -0.05) is 23.7 Å². The highest BCUT2D eigenvalue weighted by molar-refractivity contribution is 6.35. The van der Waals surface area contributed by atoms with E-state index >= 15 is 0 Å². The molecule has 0 spiro atoms. The van der Waals surface area contributed by atoms with Crippen molar-refractivity contribution in [3.8, 4) is 0 Å². The number of ether oxygens (including phenoxy) is 1. The minimum atomic E-state index is -4.67. The van der Waals surface area contributed by atoms with Crippen LogP contribution in [0.3, 0.4) is 0 Å². The molecule has 0 aromatic heterocycles. The highest BCUT2D eigenvalue weighted by atomic mass is 35.5. The normalized spacial score (nSPS) is 18.3. The summed E-state index contributed by atoms with van der Waals surface area (Å²) in [6, 6.07) is 5.33. The van der Waals surface area contributed by atoms with Crippen molar-refractivity contribution >= 4 is 35.0 Å². The van der Waals surface area contributed by atoms with E-state index in [4.69, 9.17) is 16.3 Å². The molecule has 2 amide bonds. The van der Waals surface area contributed by atoms with Crippen LogP contribution in [0.1, 0.15) is 30.5 Å². The molecular weight excluding hydrogens is 504 g/mol. The molecule has 188 valence electrons. The second-order valence-corrected chi connectivity index (χ2v) is 8.17. The SMILES string of the molecule is CCOC(=O)C1(C)CN(C(=O)Nc2cccc(C(F)(F)F)c2)N=C1c1ccc(C(F)(F)F)cc1Cl. The van der Waals surface area contributed by atoms with E-state index in [1.54, 1.807) is 0 Å². The molecule has 2 aromatic rings. The number of nitrogens with zero attached hydrogens (tertiary/aromatic N) is 2. The van der Waals surface area contributed by atoms with Crippen LogP contribution in [0, 0.1) is 5.41 Å². The zero-order chi connectivity index (χ0) is 26.2. The molecule has 0 saturated carbocycles. The van der Waals surface area contributed by atoms with E-state index in [0.29, 0.717) is 6.07 Å². The average molecular weight is 522 g/mol. The first kappa shape index (κ1) is 26.3. The second kappa shape index (κ2) is 9.40. The van der Waals surface area contributed by atoms with Crippen LogP contribution in [0.5, 0.6) is 0 Å². The molecule has 6 nitrogen and oxygen atoms in total. The molecule has 0 bridgehead atoms. The standard InChI is InChI=1S/C22H18ClF6N3O3/c1-3-35-18(33)20(2)11-32(19(34)30-14-6-4-5-12(9-14)21(24,25)26)31-17(20)15-8-7-13(10-16(15)23)22(27,28)29/h4-10H,3,11H2,1-2H3,(H,30,34). The van der Waals surface area contributed by atoms with E-state index in [1.165, 1.54) is 19.9 Å². The quantitative estimate of drug-likeness (QED) is 0.385. The van der Waals surface area contributed by atoms with E-state index in [2.05, 4.69) is 10.4 Å². The van der Waals surface area contributed by atoms with Gasteiger partial charge in [-0.3, -0.25) is 4.79 Å². The fraction of sp³-hybridized carbons (Fsp3) is 0.318. The van der Waals surface area contributed by atoms with Crippen molar-refractivity contribution in [3.05, 3.63) is 64.2 Å². The number of hydrogen-bond acceptors (Lipinski definition) is 4. The Bertz CT molecular complexity index is 1180. The summed E-state index contributed by atoms with van der Waals surface area (Å²) in [5, 5.41) is 6.76. The summed E-state index contributed by atoms with van der Waals surface area (Å²) in [6.07, 6.45) is -9.30. The summed E-state index contributed by atoms with van der Waals surface area (Å²) in [5.74, 6) is -0.816. The molecular formula is C22H18ClF6N3O3. The Kier molecular flexibility index (Phi) is 7.07. The Morgan fingerprint density at radius 2 is 1.71 bits per heavy atom. The number of urea groups is 1. The molecule has 3 rings (SSSR count). The van der Waals surface area contributed by atoms with Crippen molar-refractivity contribution in [3.63, 3.8) is 0 Å². The number of esters is 1. The number of hydrogen-bond donors (Lipinski definition) is 1. The Labute approximate surface area is 200 Å². The minimum Gasteiger partial charge on any atom is -0.465 e. The fourth-order valence-corrected chi connectivity index (χ4v) is 3.68. The lowest BCUT2D eigenvalue weighted by atomic mass is 9.82. The van der Waals surface area contributed by atoms with Crippen LogP contribution in [0.4, 0.5) is 36.8 Å². The van der Waals surface area contributed by atoms with E-state index in [0.717, 1.165) is 35.3 Å². The number of alkyl halides is 6. The number of rotatable bonds is 4. The van der Waals surface area contributed by atoms with Gasteiger partial charge in [0.25, 0.3) is 0 Å². The van der Waals surface area contributed by atoms with Gasteiger partial charge in [0.15, 0.2) is 0 Å². The molecule has 0 aliphatic carbocycles. The number of nitrogens with one attached hydrogen (secondary N) is 1. The Morgan fingerprint density at radius 1 is 1.09 bits per heavy atom. The molecule has 0 radical (unpaired) electrons.